The number of aldehydes is 1. The van der Waals surface area contributed by atoms with Gasteiger partial charge in [0.1, 0.15) is 6.29 Å². The monoisotopic (exact) mass is 174 g/mol. The van der Waals surface area contributed by atoms with Gasteiger partial charge in [-0.1, -0.05) is 0 Å². The number of ether oxygens (including phenoxy) is 1. The number of rotatable bonds is 4. The van der Waals surface area contributed by atoms with E-state index in [9.17, 15) is 19.5 Å². The van der Waals surface area contributed by atoms with E-state index >= 15 is 0 Å². The molecule has 1 N–H and O–H groups in total. The molecule has 5 nitrogen and oxygen atoms in total. The first kappa shape index (κ1) is 10.8. The first-order valence-electron chi connectivity index (χ1n) is 3.24. The van der Waals surface area contributed by atoms with Gasteiger partial charge in [-0.2, -0.15) is 0 Å². The fourth-order valence-corrected chi connectivity index (χ4v) is 0.660. The zero-order chi connectivity index (χ0) is 9.78. The maximum Gasteiger partial charge on any atom is 0.346 e. The Morgan fingerprint density at radius 3 is 2.33 bits per heavy atom. The Morgan fingerprint density at radius 2 is 2.08 bits per heavy atom. The van der Waals surface area contributed by atoms with Crippen LogP contribution in [-0.4, -0.2) is 35.9 Å². The average molecular weight is 174 g/mol. The Labute approximate surface area is 69.3 Å². The minimum atomic E-state index is -2.31. The number of carbonyl (C=O) groups excluding carboxylic acids is 3. The average Bonchev–Trinajstić information content (AvgIpc) is 2.03. The second-order valence-corrected chi connectivity index (χ2v) is 2.28. The van der Waals surface area contributed by atoms with Crippen molar-refractivity contribution in [1.29, 1.82) is 0 Å². The number of ketones is 1. The lowest BCUT2D eigenvalue weighted by Gasteiger charge is -2.18. The van der Waals surface area contributed by atoms with Gasteiger partial charge in [-0.05, 0) is 6.92 Å². The lowest BCUT2D eigenvalue weighted by molar-refractivity contribution is -0.168. The molecule has 0 bridgehead atoms. The second kappa shape index (κ2) is 3.96. The topological polar surface area (TPSA) is 80.7 Å². The highest BCUT2D eigenvalue weighted by Crippen LogP contribution is 2.11. The molecule has 0 aliphatic carbocycles. The van der Waals surface area contributed by atoms with Gasteiger partial charge in [-0.3, -0.25) is 4.79 Å². The van der Waals surface area contributed by atoms with Crippen molar-refractivity contribution in [3.63, 3.8) is 0 Å². The summed E-state index contributed by atoms with van der Waals surface area (Å²) in [7, 11) is 1.03. The number of esters is 1. The van der Waals surface area contributed by atoms with Crippen LogP contribution in [0.2, 0.25) is 0 Å². The standard InChI is InChI=1S/C7H10O5/c1-5(9)7(11,3-4-8)6(10)12-2/h4,11H,3H2,1-2H3/t7-/m0/s1. The van der Waals surface area contributed by atoms with E-state index in [0.717, 1.165) is 14.0 Å². The molecular formula is C7H10O5. The third kappa shape index (κ3) is 1.88. The number of methoxy groups -OCH3 is 1. The molecule has 5 heteroatoms. The van der Waals surface area contributed by atoms with Gasteiger partial charge in [-0.15, -0.1) is 0 Å². The molecule has 68 valence electrons. The molecule has 0 unspecified atom stereocenters. The molecule has 0 aliphatic heterocycles. The summed E-state index contributed by atoms with van der Waals surface area (Å²) in [5, 5.41) is 9.30. The summed E-state index contributed by atoms with van der Waals surface area (Å²) in [6.45, 7) is 1.01. The summed E-state index contributed by atoms with van der Waals surface area (Å²) in [4.78, 5) is 31.6. The van der Waals surface area contributed by atoms with Crippen LogP contribution in [0.25, 0.3) is 0 Å². The molecule has 12 heavy (non-hydrogen) atoms. The van der Waals surface area contributed by atoms with Gasteiger partial charge in [0.2, 0.25) is 5.60 Å². The van der Waals surface area contributed by atoms with Gasteiger partial charge in [0.05, 0.1) is 13.5 Å². The lowest BCUT2D eigenvalue weighted by Crippen LogP contribution is -2.46. The highest BCUT2D eigenvalue weighted by Gasteiger charge is 2.41. The van der Waals surface area contributed by atoms with Crippen molar-refractivity contribution in [2.45, 2.75) is 18.9 Å². The van der Waals surface area contributed by atoms with E-state index in [0.29, 0.717) is 6.29 Å². The largest absolute Gasteiger partial charge is 0.467 e. The predicted octanol–water partition coefficient (Wildman–Crippen LogP) is -0.932. The van der Waals surface area contributed by atoms with Crippen molar-refractivity contribution in [3.8, 4) is 0 Å². The van der Waals surface area contributed by atoms with Gasteiger partial charge in [0, 0.05) is 0 Å². The Balaban J connectivity index is 4.72. The molecule has 0 aromatic carbocycles. The van der Waals surface area contributed by atoms with E-state index in [1.165, 1.54) is 0 Å². The van der Waals surface area contributed by atoms with Crippen molar-refractivity contribution in [2.24, 2.45) is 0 Å². The van der Waals surface area contributed by atoms with Crippen LogP contribution in [0.3, 0.4) is 0 Å². The smallest absolute Gasteiger partial charge is 0.346 e. The maximum atomic E-state index is 10.8. The molecule has 0 heterocycles. The number of aliphatic hydroxyl groups is 1. The van der Waals surface area contributed by atoms with E-state index < -0.39 is 23.8 Å². The van der Waals surface area contributed by atoms with Crippen LogP contribution >= 0.6 is 0 Å². The zero-order valence-corrected chi connectivity index (χ0v) is 6.86. The van der Waals surface area contributed by atoms with Gasteiger partial charge < -0.3 is 14.6 Å². The van der Waals surface area contributed by atoms with Gasteiger partial charge in [-0.25, -0.2) is 4.79 Å². The van der Waals surface area contributed by atoms with Gasteiger partial charge >= 0.3 is 5.97 Å². The summed E-state index contributed by atoms with van der Waals surface area (Å²) < 4.78 is 4.16. The molecule has 0 amide bonds. The summed E-state index contributed by atoms with van der Waals surface area (Å²) in [5.74, 6) is -1.91. The Bertz CT molecular complexity index is 210. The molecule has 0 aromatic heterocycles. The minimum absolute atomic E-state index is 0.290. The number of hydrogen-bond donors (Lipinski definition) is 1. The van der Waals surface area contributed by atoms with Crippen LogP contribution in [0.1, 0.15) is 13.3 Å². The highest BCUT2D eigenvalue weighted by atomic mass is 16.5. The molecule has 0 spiro atoms. The van der Waals surface area contributed by atoms with Gasteiger partial charge in [0.15, 0.2) is 5.78 Å². The van der Waals surface area contributed by atoms with Crippen molar-refractivity contribution >= 4 is 18.0 Å². The van der Waals surface area contributed by atoms with Crippen molar-refractivity contribution in [2.75, 3.05) is 7.11 Å². The summed E-state index contributed by atoms with van der Waals surface area (Å²) >= 11 is 0. The fraction of sp³-hybridized carbons (Fsp3) is 0.571. The summed E-state index contributed by atoms with van der Waals surface area (Å²) in [6.07, 6.45) is -0.284. The molecule has 0 saturated heterocycles. The minimum Gasteiger partial charge on any atom is -0.467 e. The summed E-state index contributed by atoms with van der Waals surface area (Å²) in [6, 6.07) is 0. The van der Waals surface area contributed by atoms with Gasteiger partial charge in [0.25, 0.3) is 0 Å². The predicted molar refractivity (Wildman–Crippen MR) is 38.3 cm³/mol. The molecule has 0 rings (SSSR count). The van der Waals surface area contributed by atoms with Crippen molar-refractivity contribution < 1.29 is 24.2 Å². The van der Waals surface area contributed by atoms with Crippen molar-refractivity contribution in [3.05, 3.63) is 0 Å². The van der Waals surface area contributed by atoms with Crippen LogP contribution < -0.4 is 0 Å². The number of Topliss-reactive ketones (excluding diaryl/α,β-unsaturated/α-hetero) is 1. The van der Waals surface area contributed by atoms with E-state index in [1.807, 2.05) is 0 Å². The van der Waals surface area contributed by atoms with Crippen LogP contribution in [0.15, 0.2) is 0 Å². The molecule has 1 atom stereocenters. The molecule has 0 saturated carbocycles. The molecule has 0 fully saturated rings. The van der Waals surface area contributed by atoms with Crippen LogP contribution in [0, 0.1) is 0 Å². The maximum absolute atomic E-state index is 10.8. The highest BCUT2D eigenvalue weighted by molar-refractivity contribution is 6.07. The first-order chi connectivity index (χ1) is 5.49. The SMILES string of the molecule is COC(=O)[C@](O)(CC=O)C(C)=O. The molecule has 0 radical (unpaired) electrons. The molecule has 0 aromatic rings. The second-order valence-electron chi connectivity index (χ2n) is 2.28. The van der Waals surface area contributed by atoms with Crippen LogP contribution in [0.5, 0.6) is 0 Å². The van der Waals surface area contributed by atoms with E-state index in [1.54, 1.807) is 0 Å². The molecule has 0 aliphatic rings. The Kier molecular flexibility index (Phi) is 3.56. The van der Waals surface area contributed by atoms with Crippen molar-refractivity contribution in [1.82, 2.24) is 0 Å². The fourth-order valence-electron chi connectivity index (χ4n) is 0.660. The van der Waals surface area contributed by atoms with Crippen LogP contribution in [0.4, 0.5) is 0 Å². The normalized spacial score (nSPS) is 14.6. The zero-order valence-electron chi connectivity index (χ0n) is 6.86. The first-order valence-corrected chi connectivity index (χ1v) is 3.24. The lowest BCUT2D eigenvalue weighted by atomic mass is 9.96. The van der Waals surface area contributed by atoms with Crippen LogP contribution in [-0.2, 0) is 19.1 Å². The molecular weight excluding hydrogens is 164 g/mol. The van der Waals surface area contributed by atoms with E-state index in [4.69, 9.17) is 0 Å². The number of carbonyl (C=O) groups is 3. The Morgan fingerprint density at radius 1 is 1.58 bits per heavy atom. The third-order valence-electron chi connectivity index (χ3n) is 1.48. The Hall–Kier alpha value is -1.23. The summed E-state index contributed by atoms with van der Waals surface area (Å²) in [5.41, 5.74) is -2.31. The number of hydrogen-bond acceptors (Lipinski definition) is 5. The van der Waals surface area contributed by atoms with E-state index in [-0.39, 0.29) is 0 Å². The quantitative estimate of drug-likeness (QED) is 0.338. The third-order valence-corrected chi connectivity index (χ3v) is 1.48. The van der Waals surface area contributed by atoms with E-state index in [2.05, 4.69) is 4.74 Å².